The van der Waals surface area contributed by atoms with E-state index in [4.69, 9.17) is 4.74 Å². The van der Waals surface area contributed by atoms with Crippen LogP contribution in [0.15, 0.2) is 29.2 Å². The SMILES string of the molecule is CN(C)C(=O)CN1C(=O)CO[C@@H]2CN(C(=O)Cn3ccccc3=O)C[C@H]21. The minimum Gasteiger partial charge on any atom is -0.364 e. The summed E-state index contributed by atoms with van der Waals surface area (Å²) < 4.78 is 6.90. The lowest BCUT2D eigenvalue weighted by atomic mass is 10.1. The molecule has 3 amide bonds. The number of rotatable bonds is 4. The van der Waals surface area contributed by atoms with Crippen molar-refractivity contribution < 1.29 is 19.1 Å². The van der Waals surface area contributed by atoms with Crippen LogP contribution in [-0.4, -0.2) is 89.5 Å². The largest absolute Gasteiger partial charge is 0.364 e. The lowest BCUT2D eigenvalue weighted by Crippen LogP contribution is -2.56. The Morgan fingerprint density at radius 2 is 1.96 bits per heavy atom. The van der Waals surface area contributed by atoms with Crippen LogP contribution < -0.4 is 5.56 Å². The summed E-state index contributed by atoms with van der Waals surface area (Å²) in [6.07, 6.45) is 1.24. The van der Waals surface area contributed by atoms with Gasteiger partial charge in [-0.2, -0.15) is 0 Å². The number of hydrogen-bond acceptors (Lipinski definition) is 5. The van der Waals surface area contributed by atoms with E-state index < -0.39 is 0 Å². The van der Waals surface area contributed by atoms with E-state index in [-0.39, 0.29) is 61.7 Å². The lowest BCUT2D eigenvalue weighted by molar-refractivity contribution is -0.156. The van der Waals surface area contributed by atoms with Gasteiger partial charge >= 0.3 is 0 Å². The predicted molar refractivity (Wildman–Crippen MR) is 91.2 cm³/mol. The van der Waals surface area contributed by atoms with Crippen LogP contribution in [0.2, 0.25) is 0 Å². The normalized spacial score (nSPS) is 22.3. The predicted octanol–water partition coefficient (Wildman–Crippen LogP) is -1.63. The molecule has 9 heteroatoms. The summed E-state index contributed by atoms with van der Waals surface area (Å²) in [5.74, 6) is -0.655. The highest BCUT2D eigenvalue weighted by atomic mass is 16.5. The summed E-state index contributed by atoms with van der Waals surface area (Å²) in [4.78, 5) is 53.0. The molecule has 2 aliphatic rings. The fourth-order valence-electron chi connectivity index (χ4n) is 3.20. The van der Waals surface area contributed by atoms with Gasteiger partial charge in [-0.3, -0.25) is 19.2 Å². The highest BCUT2D eigenvalue weighted by Crippen LogP contribution is 2.23. The van der Waals surface area contributed by atoms with Gasteiger partial charge in [-0.25, -0.2) is 0 Å². The van der Waals surface area contributed by atoms with Crippen molar-refractivity contribution in [2.45, 2.75) is 18.7 Å². The highest BCUT2D eigenvalue weighted by molar-refractivity contribution is 5.86. The van der Waals surface area contributed by atoms with Gasteiger partial charge in [0.2, 0.25) is 17.7 Å². The molecule has 0 aromatic carbocycles. The molecule has 0 radical (unpaired) electrons. The number of carbonyl (C=O) groups excluding carboxylic acids is 3. The highest BCUT2D eigenvalue weighted by Gasteiger charge is 2.45. The Morgan fingerprint density at radius 3 is 2.65 bits per heavy atom. The first-order chi connectivity index (χ1) is 12.4. The average Bonchev–Trinajstić information content (AvgIpc) is 3.04. The molecule has 9 nitrogen and oxygen atoms in total. The van der Waals surface area contributed by atoms with Crippen molar-refractivity contribution in [3.05, 3.63) is 34.7 Å². The standard InChI is InChI=1S/C17H22N4O5/c1-18(2)15(23)10-21-12-7-20(8-13(12)26-11-17(21)25)16(24)9-19-6-4-3-5-14(19)22/h3-6,12-13H,7-11H2,1-2H3/t12-,13-/m1/s1. The first-order valence-corrected chi connectivity index (χ1v) is 8.41. The first kappa shape index (κ1) is 18.1. The van der Waals surface area contributed by atoms with Gasteiger partial charge in [-0.15, -0.1) is 0 Å². The van der Waals surface area contributed by atoms with Gasteiger partial charge in [0.15, 0.2) is 0 Å². The van der Waals surface area contributed by atoms with Crippen LogP contribution in [-0.2, 0) is 25.7 Å². The van der Waals surface area contributed by atoms with Crippen LogP contribution in [0.5, 0.6) is 0 Å². The third-order valence-corrected chi connectivity index (χ3v) is 4.74. The number of carbonyl (C=O) groups is 3. The number of likely N-dealkylation sites (tertiary alicyclic amines) is 1. The van der Waals surface area contributed by atoms with E-state index in [1.165, 1.54) is 20.4 Å². The molecule has 2 saturated heterocycles. The van der Waals surface area contributed by atoms with Crippen LogP contribution in [0, 0.1) is 0 Å². The zero-order chi connectivity index (χ0) is 18.8. The fraction of sp³-hybridized carbons (Fsp3) is 0.529. The van der Waals surface area contributed by atoms with Crippen LogP contribution >= 0.6 is 0 Å². The number of likely N-dealkylation sites (N-methyl/N-ethyl adjacent to an activating group) is 1. The quantitative estimate of drug-likeness (QED) is 0.642. The van der Waals surface area contributed by atoms with E-state index in [1.807, 2.05) is 0 Å². The number of pyridine rings is 1. The van der Waals surface area contributed by atoms with Gasteiger partial charge in [0.25, 0.3) is 5.56 Å². The Balaban J connectivity index is 1.69. The molecule has 3 heterocycles. The Labute approximate surface area is 150 Å². The monoisotopic (exact) mass is 362 g/mol. The maximum absolute atomic E-state index is 12.6. The number of aromatic nitrogens is 1. The third kappa shape index (κ3) is 3.62. The zero-order valence-corrected chi connectivity index (χ0v) is 14.8. The Bertz CT molecular complexity index is 774. The Hall–Kier alpha value is -2.68. The van der Waals surface area contributed by atoms with E-state index >= 15 is 0 Å². The number of fused-ring (bicyclic) bond motifs is 1. The molecular formula is C17H22N4O5. The number of morpholine rings is 1. The second-order valence-corrected chi connectivity index (χ2v) is 6.69. The molecule has 0 bridgehead atoms. The molecule has 3 rings (SSSR count). The van der Waals surface area contributed by atoms with Crippen LogP contribution in [0.3, 0.4) is 0 Å². The van der Waals surface area contributed by atoms with Gasteiger partial charge in [0, 0.05) is 39.4 Å². The van der Waals surface area contributed by atoms with Gasteiger partial charge < -0.3 is 24.0 Å². The molecule has 140 valence electrons. The topological polar surface area (TPSA) is 92.2 Å². The van der Waals surface area contributed by atoms with Crippen molar-refractivity contribution in [3.8, 4) is 0 Å². The Morgan fingerprint density at radius 1 is 1.19 bits per heavy atom. The summed E-state index contributed by atoms with van der Waals surface area (Å²) in [5.41, 5.74) is -0.248. The second kappa shape index (κ2) is 7.28. The first-order valence-electron chi connectivity index (χ1n) is 8.41. The minimum atomic E-state index is -0.350. The molecule has 0 N–H and O–H groups in total. The molecule has 0 aliphatic carbocycles. The summed E-state index contributed by atoms with van der Waals surface area (Å²) in [5, 5.41) is 0. The number of ether oxygens (including phenoxy) is 1. The maximum Gasteiger partial charge on any atom is 0.250 e. The van der Waals surface area contributed by atoms with E-state index in [0.29, 0.717) is 6.54 Å². The Kier molecular flexibility index (Phi) is 5.08. The molecule has 0 spiro atoms. The average molecular weight is 362 g/mol. The van der Waals surface area contributed by atoms with Gasteiger partial charge in [-0.05, 0) is 6.07 Å². The smallest absolute Gasteiger partial charge is 0.250 e. The minimum absolute atomic E-state index is 0.0312. The van der Waals surface area contributed by atoms with Crippen molar-refractivity contribution in [1.29, 1.82) is 0 Å². The molecule has 0 unspecified atom stereocenters. The van der Waals surface area contributed by atoms with Gasteiger partial charge in [0.05, 0.1) is 12.1 Å². The molecule has 0 saturated carbocycles. The van der Waals surface area contributed by atoms with E-state index in [1.54, 1.807) is 37.3 Å². The van der Waals surface area contributed by atoms with Crippen molar-refractivity contribution in [3.63, 3.8) is 0 Å². The lowest BCUT2D eigenvalue weighted by Gasteiger charge is -2.36. The third-order valence-electron chi connectivity index (χ3n) is 4.74. The zero-order valence-electron chi connectivity index (χ0n) is 14.8. The molecule has 1 aromatic rings. The van der Waals surface area contributed by atoms with Crippen molar-refractivity contribution in [2.75, 3.05) is 40.3 Å². The summed E-state index contributed by atoms with van der Waals surface area (Å²) in [7, 11) is 3.26. The van der Waals surface area contributed by atoms with Crippen molar-refractivity contribution in [2.24, 2.45) is 0 Å². The maximum atomic E-state index is 12.6. The molecule has 2 fully saturated rings. The van der Waals surface area contributed by atoms with Gasteiger partial charge in [-0.1, -0.05) is 6.07 Å². The van der Waals surface area contributed by atoms with Crippen LogP contribution in [0.1, 0.15) is 0 Å². The molecular weight excluding hydrogens is 340 g/mol. The number of hydrogen-bond donors (Lipinski definition) is 0. The summed E-state index contributed by atoms with van der Waals surface area (Å²) >= 11 is 0. The van der Waals surface area contributed by atoms with E-state index in [9.17, 15) is 19.2 Å². The molecule has 1 aromatic heterocycles. The summed E-state index contributed by atoms with van der Waals surface area (Å²) in [6, 6.07) is 4.35. The number of amides is 3. The van der Waals surface area contributed by atoms with Gasteiger partial charge in [0.1, 0.15) is 19.7 Å². The fourth-order valence-corrected chi connectivity index (χ4v) is 3.20. The molecule has 2 atom stereocenters. The van der Waals surface area contributed by atoms with Crippen LogP contribution in [0.25, 0.3) is 0 Å². The van der Waals surface area contributed by atoms with Crippen molar-refractivity contribution in [1.82, 2.24) is 19.3 Å². The van der Waals surface area contributed by atoms with Crippen molar-refractivity contribution >= 4 is 17.7 Å². The molecule has 26 heavy (non-hydrogen) atoms. The van der Waals surface area contributed by atoms with E-state index in [2.05, 4.69) is 0 Å². The second-order valence-electron chi connectivity index (χ2n) is 6.69. The summed E-state index contributed by atoms with van der Waals surface area (Å²) in [6.45, 7) is 0.435. The molecule has 2 aliphatic heterocycles. The van der Waals surface area contributed by atoms with E-state index in [0.717, 1.165) is 0 Å². The van der Waals surface area contributed by atoms with Crippen LogP contribution in [0.4, 0.5) is 0 Å². The number of nitrogens with zero attached hydrogens (tertiary/aromatic N) is 4.